The molecule has 0 bridgehead atoms. The molecule has 18 heavy (non-hydrogen) atoms. The first-order valence-electron chi connectivity index (χ1n) is 6.53. The summed E-state index contributed by atoms with van der Waals surface area (Å²) in [4.78, 5) is 2.17. The summed E-state index contributed by atoms with van der Waals surface area (Å²) in [6.45, 7) is 9.99. The minimum atomic E-state index is 0.365. The lowest BCUT2D eigenvalue weighted by Crippen LogP contribution is -2.41. The largest absolute Gasteiger partial charge is 0.471 e. The highest BCUT2D eigenvalue weighted by molar-refractivity contribution is 7.80. The van der Waals surface area contributed by atoms with Crippen molar-refractivity contribution in [3.05, 3.63) is 35.9 Å². The van der Waals surface area contributed by atoms with Crippen LogP contribution in [0.1, 0.15) is 33.3 Å². The average molecular weight is 265 g/mol. The van der Waals surface area contributed by atoms with E-state index < -0.39 is 0 Å². The second-order valence-electron chi connectivity index (χ2n) is 4.80. The van der Waals surface area contributed by atoms with Crippen molar-refractivity contribution in [1.82, 2.24) is 4.90 Å². The van der Waals surface area contributed by atoms with Crippen LogP contribution < -0.4 is 0 Å². The van der Waals surface area contributed by atoms with E-state index in [2.05, 4.69) is 49.9 Å². The topological polar surface area (TPSA) is 12.5 Å². The molecule has 0 spiro atoms. The van der Waals surface area contributed by atoms with Gasteiger partial charge in [0.1, 0.15) is 0 Å². The van der Waals surface area contributed by atoms with Crippen molar-refractivity contribution in [2.24, 2.45) is 5.92 Å². The van der Waals surface area contributed by atoms with Gasteiger partial charge in [-0.25, -0.2) is 0 Å². The molecule has 0 aliphatic carbocycles. The lowest BCUT2D eigenvalue weighted by atomic mass is 10.0. The van der Waals surface area contributed by atoms with Crippen LogP contribution in [0.2, 0.25) is 0 Å². The minimum Gasteiger partial charge on any atom is -0.471 e. The summed E-state index contributed by atoms with van der Waals surface area (Å²) >= 11 is 5.37. The van der Waals surface area contributed by atoms with Gasteiger partial charge in [0.25, 0.3) is 5.17 Å². The van der Waals surface area contributed by atoms with E-state index >= 15 is 0 Å². The summed E-state index contributed by atoms with van der Waals surface area (Å²) in [6.07, 6.45) is 0. The molecule has 1 atom stereocenters. The van der Waals surface area contributed by atoms with Crippen LogP contribution in [-0.4, -0.2) is 22.7 Å². The molecular weight excluding hydrogens is 242 g/mol. The third-order valence-corrected chi connectivity index (χ3v) is 3.51. The summed E-state index contributed by atoms with van der Waals surface area (Å²) in [6, 6.07) is 10.7. The third-order valence-electron chi connectivity index (χ3n) is 3.15. The molecular formula is C15H23NOS. The lowest BCUT2D eigenvalue weighted by molar-refractivity contribution is 0.190. The lowest BCUT2D eigenvalue weighted by Gasteiger charge is -2.33. The Morgan fingerprint density at radius 3 is 2.33 bits per heavy atom. The zero-order chi connectivity index (χ0) is 13.5. The van der Waals surface area contributed by atoms with Gasteiger partial charge in [0, 0.05) is 12.6 Å². The van der Waals surface area contributed by atoms with E-state index in [0.717, 1.165) is 6.54 Å². The predicted octanol–water partition coefficient (Wildman–Crippen LogP) is 3.85. The van der Waals surface area contributed by atoms with E-state index in [0.29, 0.717) is 23.7 Å². The van der Waals surface area contributed by atoms with Crippen LogP contribution in [0, 0.1) is 5.92 Å². The van der Waals surface area contributed by atoms with Crippen LogP contribution in [0.3, 0.4) is 0 Å². The van der Waals surface area contributed by atoms with Crippen molar-refractivity contribution >= 4 is 17.4 Å². The zero-order valence-corrected chi connectivity index (χ0v) is 12.5. The molecule has 0 aromatic heterocycles. The van der Waals surface area contributed by atoms with E-state index in [1.54, 1.807) is 0 Å². The minimum absolute atomic E-state index is 0.365. The first kappa shape index (κ1) is 15.0. The van der Waals surface area contributed by atoms with E-state index in [4.69, 9.17) is 17.0 Å². The Balaban J connectivity index is 2.81. The van der Waals surface area contributed by atoms with Crippen LogP contribution in [-0.2, 0) is 11.3 Å². The van der Waals surface area contributed by atoms with Crippen LogP contribution in [0.4, 0.5) is 0 Å². The Kier molecular flexibility index (Phi) is 6.13. The highest BCUT2D eigenvalue weighted by Crippen LogP contribution is 2.16. The molecule has 2 nitrogen and oxygen atoms in total. The molecule has 0 heterocycles. The van der Waals surface area contributed by atoms with Crippen molar-refractivity contribution in [2.75, 3.05) is 6.61 Å². The fourth-order valence-corrected chi connectivity index (χ4v) is 2.07. The standard InChI is InChI=1S/C15H23NOS/c1-5-17-15(18)16(13(4)12(2)3)11-14-9-7-6-8-10-14/h6-10,12-13H,5,11H2,1-4H3. The molecule has 0 saturated carbocycles. The smallest absolute Gasteiger partial charge is 0.259 e. The molecule has 1 aromatic carbocycles. The maximum Gasteiger partial charge on any atom is 0.259 e. The summed E-state index contributed by atoms with van der Waals surface area (Å²) < 4.78 is 5.50. The van der Waals surface area contributed by atoms with E-state index in [1.165, 1.54) is 5.56 Å². The monoisotopic (exact) mass is 265 g/mol. The molecule has 100 valence electrons. The number of hydrogen-bond donors (Lipinski definition) is 0. The average Bonchev–Trinajstić information content (AvgIpc) is 2.36. The van der Waals surface area contributed by atoms with Gasteiger partial charge >= 0.3 is 0 Å². The molecule has 0 saturated heterocycles. The van der Waals surface area contributed by atoms with Crippen LogP contribution in [0.15, 0.2) is 30.3 Å². The van der Waals surface area contributed by atoms with E-state index in [9.17, 15) is 0 Å². The van der Waals surface area contributed by atoms with Gasteiger partial charge in [-0.05, 0) is 37.5 Å². The predicted molar refractivity (Wildman–Crippen MR) is 80.5 cm³/mol. The molecule has 1 aromatic rings. The number of benzene rings is 1. The Labute approximate surface area is 116 Å². The number of nitrogens with zero attached hydrogens (tertiary/aromatic N) is 1. The highest BCUT2D eigenvalue weighted by atomic mass is 32.1. The van der Waals surface area contributed by atoms with Gasteiger partial charge in [0.15, 0.2) is 0 Å². The molecule has 1 unspecified atom stereocenters. The van der Waals surface area contributed by atoms with Crippen molar-refractivity contribution < 1.29 is 4.74 Å². The molecule has 3 heteroatoms. The number of thiocarbonyl (C=S) groups is 1. The first-order valence-corrected chi connectivity index (χ1v) is 6.94. The number of ether oxygens (including phenoxy) is 1. The SMILES string of the molecule is CCOC(=S)N(Cc1ccccc1)C(C)C(C)C. The number of rotatable bonds is 5. The normalized spacial score (nSPS) is 12.3. The Morgan fingerprint density at radius 2 is 1.83 bits per heavy atom. The van der Waals surface area contributed by atoms with Gasteiger partial charge in [-0.1, -0.05) is 44.2 Å². The fraction of sp³-hybridized carbons (Fsp3) is 0.533. The van der Waals surface area contributed by atoms with Gasteiger partial charge in [0.05, 0.1) is 6.61 Å². The molecule has 0 aliphatic heterocycles. The summed E-state index contributed by atoms with van der Waals surface area (Å²) in [7, 11) is 0. The molecule has 0 fully saturated rings. The van der Waals surface area contributed by atoms with Crippen molar-refractivity contribution in [3.8, 4) is 0 Å². The maximum absolute atomic E-state index is 5.50. The summed E-state index contributed by atoms with van der Waals surface area (Å²) in [5, 5.41) is 0.600. The van der Waals surface area contributed by atoms with E-state index in [1.807, 2.05) is 13.0 Å². The van der Waals surface area contributed by atoms with Crippen LogP contribution in [0.5, 0.6) is 0 Å². The Hall–Kier alpha value is -1.09. The molecule has 1 rings (SSSR count). The second kappa shape index (κ2) is 7.37. The van der Waals surface area contributed by atoms with E-state index in [-0.39, 0.29) is 0 Å². The van der Waals surface area contributed by atoms with Crippen LogP contribution >= 0.6 is 12.2 Å². The Morgan fingerprint density at radius 1 is 1.22 bits per heavy atom. The maximum atomic E-state index is 5.50. The molecule has 0 radical (unpaired) electrons. The van der Waals surface area contributed by atoms with Gasteiger partial charge in [-0.3, -0.25) is 0 Å². The van der Waals surface area contributed by atoms with Gasteiger partial charge < -0.3 is 9.64 Å². The summed E-state index contributed by atoms with van der Waals surface area (Å²) in [5.41, 5.74) is 1.26. The van der Waals surface area contributed by atoms with Crippen molar-refractivity contribution in [1.29, 1.82) is 0 Å². The highest BCUT2D eigenvalue weighted by Gasteiger charge is 2.20. The van der Waals surface area contributed by atoms with Crippen LogP contribution in [0.25, 0.3) is 0 Å². The zero-order valence-electron chi connectivity index (χ0n) is 11.7. The fourth-order valence-electron chi connectivity index (χ4n) is 1.72. The molecule has 0 amide bonds. The van der Waals surface area contributed by atoms with Gasteiger partial charge in [0.2, 0.25) is 0 Å². The number of hydrogen-bond acceptors (Lipinski definition) is 2. The third kappa shape index (κ3) is 4.30. The molecule has 0 N–H and O–H groups in total. The van der Waals surface area contributed by atoms with Crippen molar-refractivity contribution in [3.63, 3.8) is 0 Å². The second-order valence-corrected chi connectivity index (χ2v) is 5.15. The molecule has 0 aliphatic rings. The Bertz CT molecular complexity index is 364. The van der Waals surface area contributed by atoms with Gasteiger partial charge in [-0.2, -0.15) is 0 Å². The summed E-state index contributed by atoms with van der Waals surface area (Å²) in [5.74, 6) is 0.534. The first-order chi connectivity index (χ1) is 8.56. The quantitative estimate of drug-likeness (QED) is 0.750. The van der Waals surface area contributed by atoms with Gasteiger partial charge in [-0.15, -0.1) is 0 Å². The van der Waals surface area contributed by atoms with Crippen molar-refractivity contribution in [2.45, 2.75) is 40.3 Å².